The number of nitro groups is 1. The van der Waals surface area contributed by atoms with Gasteiger partial charge in [0.05, 0.1) is 11.3 Å². The van der Waals surface area contributed by atoms with Crippen LogP contribution in [0.15, 0.2) is 83.3 Å². The van der Waals surface area contributed by atoms with Crippen molar-refractivity contribution < 1.29 is 18.9 Å². The number of hydrogen-bond donors (Lipinski definition) is 2. The summed E-state index contributed by atoms with van der Waals surface area (Å²) in [7, 11) is 0. The minimum Gasteiger partial charge on any atom is -0.451 e. The summed E-state index contributed by atoms with van der Waals surface area (Å²) in [5, 5.41) is 17.1. The van der Waals surface area contributed by atoms with Gasteiger partial charge in [-0.05, 0) is 35.4 Å². The molecule has 1 aromatic heterocycles. The number of nitrogens with zero attached hydrogens (tertiary/aromatic N) is 1. The Morgan fingerprint density at radius 2 is 1.59 bits per heavy atom. The van der Waals surface area contributed by atoms with Crippen LogP contribution in [-0.2, 0) is 17.8 Å². The lowest BCUT2D eigenvalue weighted by molar-refractivity contribution is -0.384. The molecule has 0 spiro atoms. The van der Waals surface area contributed by atoms with E-state index >= 15 is 0 Å². The van der Waals surface area contributed by atoms with Crippen molar-refractivity contribution in [2.24, 2.45) is 0 Å². The van der Waals surface area contributed by atoms with Crippen LogP contribution in [0.1, 0.15) is 21.7 Å². The first-order valence-corrected chi connectivity index (χ1v) is 9.87. The van der Waals surface area contributed by atoms with Crippen molar-refractivity contribution in [3.05, 3.63) is 106 Å². The summed E-state index contributed by atoms with van der Waals surface area (Å²) in [4.78, 5) is 34.8. The third kappa shape index (κ3) is 4.99. The fourth-order valence-corrected chi connectivity index (χ4v) is 3.18. The van der Waals surface area contributed by atoms with E-state index in [0.717, 1.165) is 16.5 Å². The minimum atomic E-state index is -0.467. The molecule has 0 saturated carbocycles. The second-order valence-corrected chi connectivity index (χ2v) is 7.18. The predicted octanol–water partition coefficient (Wildman–Crippen LogP) is 4.45. The molecule has 3 aromatic carbocycles. The molecule has 0 fully saturated rings. The molecule has 160 valence electrons. The molecular weight excluding hydrogens is 410 g/mol. The number of nitro benzene ring substituents is 1. The van der Waals surface area contributed by atoms with Crippen molar-refractivity contribution >= 4 is 34.2 Å². The highest BCUT2D eigenvalue weighted by Crippen LogP contribution is 2.20. The molecule has 4 aromatic rings. The first-order chi connectivity index (χ1) is 15.5. The van der Waals surface area contributed by atoms with E-state index in [4.69, 9.17) is 4.42 Å². The van der Waals surface area contributed by atoms with Crippen LogP contribution >= 0.6 is 0 Å². The highest BCUT2D eigenvalue weighted by molar-refractivity contribution is 6.04. The molecule has 0 bridgehead atoms. The smallest absolute Gasteiger partial charge is 0.291 e. The number of non-ortho nitro benzene ring substituents is 1. The first-order valence-electron chi connectivity index (χ1n) is 9.87. The van der Waals surface area contributed by atoms with Gasteiger partial charge in [-0.1, -0.05) is 42.5 Å². The fraction of sp³-hybridized carbons (Fsp3) is 0.0833. The lowest BCUT2D eigenvalue weighted by atomic mass is 10.1. The summed E-state index contributed by atoms with van der Waals surface area (Å²) in [6.45, 7) is 0.280. The van der Waals surface area contributed by atoms with Crippen molar-refractivity contribution in [2.75, 3.05) is 5.32 Å². The van der Waals surface area contributed by atoms with Crippen LogP contribution in [0.25, 0.3) is 11.0 Å². The Morgan fingerprint density at radius 1 is 0.906 bits per heavy atom. The molecule has 8 heteroatoms. The number of para-hydroxylation sites is 1. The highest BCUT2D eigenvalue weighted by Gasteiger charge is 2.12. The monoisotopic (exact) mass is 429 g/mol. The van der Waals surface area contributed by atoms with Gasteiger partial charge in [0.1, 0.15) is 5.58 Å². The van der Waals surface area contributed by atoms with Crippen LogP contribution in [0.5, 0.6) is 0 Å². The van der Waals surface area contributed by atoms with Crippen LogP contribution in [0.3, 0.4) is 0 Å². The third-order valence-corrected chi connectivity index (χ3v) is 4.86. The zero-order chi connectivity index (χ0) is 22.5. The number of hydrogen-bond acceptors (Lipinski definition) is 5. The normalized spacial score (nSPS) is 10.6. The van der Waals surface area contributed by atoms with Gasteiger partial charge in [0.15, 0.2) is 5.76 Å². The van der Waals surface area contributed by atoms with Crippen LogP contribution < -0.4 is 10.6 Å². The van der Waals surface area contributed by atoms with Crippen molar-refractivity contribution in [1.29, 1.82) is 0 Å². The van der Waals surface area contributed by atoms with E-state index in [0.29, 0.717) is 11.3 Å². The first kappa shape index (κ1) is 20.8. The molecule has 2 amide bonds. The number of furan rings is 1. The number of fused-ring (bicyclic) bond motifs is 1. The molecule has 32 heavy (non-hydrogen) atoms. The van der Waals surface area contributed by atoms with Gasteiger partial charge in [-0.15, -0.1) is 0 Å². The number of anilines is 1. The summed E-state index contributed by atoms with van der Waals surface area (Å²) in [6.07, 6.45) is 0.171. The van der Waals surface area contributed by atoms with Gasteiger partial charge in [0.25, 0.3) is 11.6 Å². The Bertz CT molecular complexity index is 1240. The van der Waals surface area contributed by atoms with Gasteiger partial charge < -0.3 is 15.1 Å². The predicted molar refractivity (Wildman–Crippen MR) is 119 cm³/mol. The van der Waals surface area contributed by atoms with Crippen LogP contribution in [0.2, 0.25) is 0 Å². The maximum atomic E-state index is 12.4. The molecular formula is C24H19N3O5. The van der Waals surface area contributed by atoms with E-state index < -0.39 is 4.92 Å². The highest BCUT2D eigenvalue weighted by atomic mass is 16.6. The summed E-state index contributed by atoms with van der Waals surface area (Å²) in [5.41, 5.74) is 2.80. The molecule has 8 nitrogen and oxygen atoms in total. The molecule has 0 unspecified atom stereocenters. The fourth-order valence-electron chi connectivity index (χ4n) is 3.18. The molecule has 0 aliphatic heterocycles. The Kier molecular flexibility index (Phi) is 5.94. The third-order valence-electron chi connectivity index (χ3n) is 4.86. The van der Waals surface area contributed by atoms with Crippen LogP contribution in [-0.4, -0.2) is 16.7 Å². The van der Waals surface area contributed by atoms with Crippen LogP contribution in [0.4, 0.5) is 11.4 Å². The van der Waals surface area contributed by atoms with E-state index in [2.05, 4.69) is 10.6 Å². The number of benzene rings is 3. The number of carbonyl (C=O) groups is 2. The zero-order valence-electron chi connectivity index (χ0n) is 16.9. The zero-order valence-corrected chi connectivity index (χ0v) is 16.9. The van der Waals surface area contributed by atoms with Gasteiger partial charge in [0, 0.05) is 29.8 Å². The quantitative estimate of drug-likeness (QED) is 0.333. The Labute approximate surface area is 183 Å². The average Bonchev–Trinajstić information content (AvgIpc) is 3.24. The second-order valence-electron chi connectivity index (χ2n) is 7.18. The summed E-state index contributed by atoms with van der Waals surface area (Å²) >= 11 is 0. The molecule has 0 atom stereocenters. The van der Waals surface area contributed by atoms with Crippen molar-refractivity contribution in [2.45, 2.75) is 13.0 Å². The van der Waals surface area contributed by atoms with E-state index in [1.807, 2.05) is 18.2 Å². The number of rotatable bonds is 7. The van der Waals surface area contributed by atoms with E-state index in [1.165, 1.54) is 12.1 Å². The van der Waals surface area contributed by atoms with Gasteiger partial charge >= 0.3 is 0 Å². The SMILES string of the molecule is O=C(Cc1ccc(NC(=O)c2cc3ccccc3o2)cc1)NCc1ccc([N+](=O)[O-])cc1. The average molecular weight is 429 g/mol. The maximum Gasteiger partial charge on any atom is 0.291 e. The molecule has 0 aliphatic carbocycles. The molecule has 2 N–H and O–H groups in total. The van der Waals surface area contributed by atoms with E-state index in [9.17, 15) is 19.7 Å². The molecule has 0 saturated heterocycles. The van der Waals surface area contributed by atoms with Crippen molar-refractivity contribution in [1.82, 2.24) is 5.32 Å². The minimum absolute atomic E-state index is 0.00702. The van der Waals surface area contributed by atoms with E-state index in [-0.39, 0.29) is 36.2 Å². The lowest BCUT2D eigenvalue weighted by Gasteiger charge is -2.07. The second kappa shape index (κ2) is 9.13. The molecule has 1 heterocycles. The lowest BCUT2D eigenvalue weighted by Crippen LogP contribution is -2.24. The topological polar surface area (TPSA) is 114 Å². The maximum absolute atomic E-state index is 12.4. The summed E-state index contributed by atoms with van der Waals surface area (Å²) in [5.74, 6) is -0.307. The molecule has 0 radical (unpaired) electrons. The standard InChI is InChI=1S/C24H19N3O5/c28-23(25-15-17-7-11-20(12-8-17)27(30)31)13-16-5-9-19(10-6-16)26-24(29)22-14-18-3-1-2-4-21(18)32-22/h1-12,14H,13,15H2,(H,25,28)(H,26,29). The molecule has 0 aliphatic rings. The summed E-state index contributed by atoms with van der Waals surface area (Å²) < 4.78 is 5.56. The Hall–Kier alpha value is -4.46. The molecule has 4 rings (SSSR count). The largest absolute Gasteiger partial charge is 0.451 e. The Morgan fingerprint density at radius 3 is 2.28 bits per heavy atom. The van der Waals surface area contributed by atoms with Gasteiger partial charge in [0.2, 0.25) is 5.91 Å². The van der Waals surface area contributed by atoms with Crippen molar-refractivity contribution in [3.8, 4) is 0 Å². The van der Waals surface area contributed by atoms with Gasteiger partial charge in [-0.3, -0.25) is 19.7 Å². The van der Waals surface area contributed by atoms with Crippen LogP contribution in [0, 0.1) is 10.1 Å². The van der Waals surface area contributed by atoms with E-state index in [1.54, 1.807) is 48.5 Å². The van der Waals surface area contributed by atoms with Gasteiger partial charge in [-0.2, -0.15) is 0 Å². The number of amides is 2. The number of nitrogens with one attached hydrogen (secondary N) is 2. The number of carbonyl (C=O) groups excluding carboxylic acids is 2. The summed E-state index contributed by atoms with van der Waals surface area (Å²) in [6, 6.07) is 22.1. The van der Waals surface area contributed by atoms with Gasteiger partial charge in [-0.25, -0.2) is 0 Å². The Balaban J connectivity index is 1.29. The van der Waals surface area contributed by atoms with Crippen molar-refractivity contribution in [3.63, 3.8) is 0 Å².